The average Bonchev–Trinajstić information content (AvgIpc) is 2.44. The van der Waals surface area contributed by atoms with Gasteiger partial charge in [-0.15, -0.1) is 0 Å². The molecule has 108 valence electrons. The van der Waals surface area contributed by atoms with Crippen LogP contribution in [0.1, 0.15) is 23.7 Å². The highest BCUT2D eigenvalue weighted by molar-refractivity contribution is 6.05. The van der Waals surface area contributed by atoms with Gasteiger partial charge in [-0.05, 0) is 24.5 Å². The topological polar surface area (TPSA) is 75.4 Å². The summed E-state index contributed by atoms with van der Waals surface area (Å²) in [5.41, 5.74) is 6.44. The predicted molar refractivity (Wildman–Crippen MR) is 77.1 cm³/mol. The summed E-state index contributed by atoms with van der Waals surface area (Å²) in [5.74, 6) is -0.236. The van der Waals surface area contributed by atoms with Crippen molar-refractivity contribution < 1.29 is 9.59 Å². The molecule has 1 saturated heterocycles. The second-order valence-corrected chi connectivity index (χ2v) is 5.41. The number of nitrogens with zero attached hydrogens (tertiary/aromatic N) is 1. The monoisotopic (exact) mass is 275 g/mol. The maximum atomic E-state index is 11.9. The summed E-state index contributed by atoms with van der Waals surface area (Å²) in [5, 5.41) is 2.42. The minimum atomic E-state index is -0.350. The average molecular weight is 275 g/mol. The number of rotatable bonds is 3. The van der Waals surface area contributed by atoms with Crippen molar-refractivity contribution in [1.29, 1.82) is 0 Å². The minimum Gasteiger partial charge on any atom is -0.327 e. The van der Waals surface area contributed by atoms with Crippen molar-refractivity contribution in [2.75, 3.05) is 19.6 Å². The van der Waals surface area contributed by atoms with Crippen molar-refractivity contribution in [3.05, 3.63) is 35.9 Å². The van der Waals surface area contributed by atoms with E-state index in [0.29, 0.717) is 11.5 Å². The lowest BCUT2D eigenvalue weighted by atomic mass is 9.95. The number of likely N-dealkylation sites (tertiary alicyclic amines) is 1. The van der Waals surface area contributed by atoms with Crippen molar-refractivity contribution in [3.63, 3.8) is 0 Å². The molecular weight excluding hydrogens is 254 g/mol. The zero-order valence-corrected chi connectivity index (χ0v) is 11.7. The molecule has 1 aromatic rings. The molecule has 1 heterocycles. The lowest BCUT2D eigenvalue weighted by Gasteiger charge is -2.34. The molecule has 0 aliphatic carbocycles. The number of piperidine rings is 1. The van der Waals surface area contributed by atoms with Crippen LogP contribution in [0.4, 0.5) is 0 Å². The van der Waals surface area contributed by atoms with Crippen LogP contribution in [0.3, 0.4) is 0 Å². The predicted octanol–water partition coefficient (Wildman–Crippen LogP) is 0.612. The summed E-state index contributed by atoms with van der Waals surface area (Å²) in [6.07, 6.45) is 0.890. The second-order valence-electron chi connectivity index (χ2n) is 5.41. The summed E-state index contributed by atoms with van der Waals surface area (Å²) in [7, 11) is 0. The number of amides is 2. The van der Waals surface area contributed by atoms with E-state index in [1.54, 1.807) is 24.3 Å². The Morgan fingerprint density at radius 1 is 1.35 bits per heavy atom. The lowest BCUT2D eigenvalue weighted by Crippen LogP contribution is -2.49. The van der Waals surface area contributed by atoms with E-state index in [4.69, 9.17) is 5.73 Å². The van der Waals surface area contributed by atoms with E-state index in [1.165, 1.54) is 0 Å². The fraction of sp³-hybridized carbons (Fsp3) is 0.467. The van der Waals surface area contributed by atoms with Crippen molar-refractivity contribution in [3.8, 4) is 0 Å². The molecule has 5 heteroatoms. The number of hydrogen-bond donors (Lipinski definition) is 2. The maximum absolute atomic E-state index is 11.9. The van der Waals surface area contributed by atoms with Crippen molar-refractivity contribution in [2.24, 2.45) is 11.7 Å². The van der Waals surface area contributed by atoms with Gasteiger partial charge < -0.3 is 5.73 Å². The molecule has 0 radical (unpaired) electrons. The fourth-order valence-corrected chi connectivity index (χ4v) is 2.42. The smallest absolute Gasteiger partial charge is 0.257 e. The first-order valence-corrected chi connectivity index (χ1v) is 6.93. The van der Waals surface area contributed by atoms with E-state index < -0.39 is 0 Å². The quantitative estimate of drug-likeness (QED) is 0.847. The van der Waals surface area contributed by atoms with Crippen molar-refractivity contribution in [2.45, 2.75) is 19.4 Å². The number of carbonyl (C=O) groups excluding carboxylic acids is 2. The number of nitrogens with two attached hydrogens (primary N) is 1. The first-order chi connectivity index (χ1) is 9.56. The Hall–Kier alpha value is -1.72. The van der Waals surface area contributed by atoms with Gasteiger partial charge >= 0.3 is 0 Å². The first kappa shape index (κ1) is 14.7. The van der Waals surface area contributed by atoms with Crippen LogP contribution in [0.2, 0.25) is 0 Å². The summed E-state index contributed by atoms with van der Waals surface area (Å²) in [6.45, 7) is 3.94. The molecule has 2 amide bonds. The third-order valence-electron chi connectivity index (χ3n) is 3.71. The van der Waals surface area contributed by atoms with Crippen molar-refractivity contribution in [1.82, 2.24) is 10.2 Å². The van der Waals surface area contributed by atoms with Gasteiger partial charge in [0.05, 0.1) is 6.54 Å². The zero-order chi connectivity index (χ0) is 14.5. The van der Waals surface area contributed by atoms with Gasteiger partial charge in [-0.2, -0.15) is 0 Å². The van der Waals surface area contributed by atoms with Gasteiger partial charge in [-0.25, -0.2) is 0 Å². The maximum Gasteiger partial charge on any atom is 0.257 e. The summed E-state index contributed by atoms with van der Waals surface area (Å²) >= 11 is 0. The number of hydrogen-bond acceptors (Lipinski definition) is 4. The molecule has 0 spiro atoms. The molecule has 1 aliphatic heterocycles. The first-order valence-electron chi connectivity index (χ1n) is 6.93. The van der Waals surface area contributed by atoms with E-state index in [0.717, 1.165) is 19.5 Å². The van der Waals surface area contributed by atoms with Gasteiger partial charge in [0.25, 0.3) is 5.91 Å². The molecule has 2 atom stereocenters. The third-order valence-corrected chi connectivity index (χ3v) is 3.71. The number of benzene rings is 1. The fourth-order valence-electron chi connectivity index (χ4n) is 2.42. The largest absolute Gasteiger partial charge is 0.327 e. The Morgan fingerprint density at radius 2 is 2.05 bits per heavy atom. The SMILES string of the molecule is CC1CN(CC(=O)NC(=O)c2ccccc2)CCC1N. The summed E-state index contributed by atoms with van der Waals surface area (Å²) in [4.78, 5) is 25.8. The van der Waals surface area contributed by atoms with Gasteiger partial charge in [-0.3, -0.25) is 19.8 Å². The molecule has 2 rings (SSSR count). The molecule has 3 N–H and O–H groups in total. The molecule has 20 heavy (non-hydrogen) atoms. The van der Waals surface area contributed by atoms with Crippen LogP contribution in [0, 0.1) is 5.92 Å². The molecule has 1 aromatic carbocycles. The Labute approximate surface area is 119 Å². The molecule has 1 fully saturated rings. The molecule has 2 unspecified atom stereocenters. The van der Waals surface area contributed by atoms with Gasteiger partial charge in [0.15, 0.2) is 0 Å². The van der Waals surface area contributed by atoms with E-state index in [2.05, 4.69) is 12.2 Å². The van der Waals surface area contributed by atoms with Gasteiger partial charge in [-0.1, -0.05) is 25.1 Å². The molecule has 5 nitrogen and oxygen atoms in total. The zero-order valence-electron chi connectivity index (χ0n) is 11.7. The molecular formula is C15H21N3O2. The van der Waals surface area contributed by atoms with E-state index in [1.807, 2.05) is 11.0 Å². The normalized spacial score (nSPS) is 23.3. The third kappa shape index (κ3) is 3.88. The van der Waals surface area contributed by atoms with Crippen LogP contribution in [-0.4, -0.2) is 42.4 Å². The molecule has 0 bridgehead atoms. The van der Waals surface area contributed by atoms with Crippen LogP contribution in [-0.2, 0) is 4.79 Å². The Kier molecular flexibility index (Phi) is 4.87. The molecule has 0 saturated carbocycles. The van der Waals surface area contributed by atoms with E-state index in [9.17, 15) is 9.59 Å². The number of carbonyl (C=O) groups is 2. The van der Waals surface area contributed by atoms with Crippen LogP contribution in [0.15, 0.2) is 30.3 Å². The molecule has 1 aliphatic rings. The highest BCUT2D eigenvalue weighted by atomic mass is 16.2. The van der Waals surface area contributed by atoms with Crippen molar-refractivity contribution >= 4 is 11.8 Å². The van der Waals surface area contributed by atoms with Gasteiger partial charge in [0.1, 0.15) is 0 Å². The lowest BCUT2D eigenvalue weighted by molar-refractivity contribution is -0.121. The number of nitrogens with one attached hydrogen (secondary N) is 1. The Balaban J connectivity index is 1.82. The van der Waals surface area contributed by atoms with Gasteiger partial charge in [0, 0.05) is 24.7 Å². The van der Waals surface area contributed by atoms with Crippen LogP contribution in [0.25, 0.3) is 0 Å². The molecule has 0 aromatic heterocycles. The standard InChI is InChI=1S/C15H21N3O2/c1-11-9-18(8-7-13(11)16)10-14(19)17-15(20)12-5-3-2-4-6-12/h2-6,11,13H,7-10,16H2,1H3,(H,17,19,20). The number of imide groups is 1. The highest BCUT2D eigenvalue weighted by Crippen LogP contribution is 2.14. The van der Waals surface area contributed by atoms with Crippen LogP contribution in [0.5, 0.6) is 0 Å². The van der Waals surface area contributed by atoms with E-state index >= 15 is 0 Å². The second kappa shape index (κ2) is 6.63. The van der Waals surface area contributed by atoms with Gasteiger partial charge in [0.2, 0.25) is 5.91 Å². The summed E-state index contributed by atoms with van der Waals surface area (Å²) < 4.78 is 0. The van der Waals surface area contributed by atoms with Crippen LogP contribution < -0.4 is 11.1 Å². The van der Waals surface area contributed by atoms with E-state index in [-0.39, 0.29) is 24.4 Å². The Bertz CT molecular complexity index is 475. The van der Waals surface area contributed by atoms with Crippen LogP contribution >= 0.6 is 0 Å². The Morgan fingerprint density at radius 3 is 2.70 bits per heavy atom. The highest BCUT2D eigenvalue weighted by Gasteiger charge is 2.24. The summed E-state index contributed by atoms with van der Waals surface area (Å²) in [6, 6.07) is 8.95. The minimum absolute atomic E-state index is 0.209.